The largest absolute Gasteiger partial charge is 0.378 e. The Bertz CT molecular complexity index is 1000. The molecule has 2 aromatic rings. The van der Waals surface area contributed by atoms with Gasteiger partial charge in [-0.3, -0.25) is 9.59 Å². The summed E-state index contributed by atoms with van der Waals surface area (Å²) in [5, 5.41) is 7.10. The summed E-state index contributed by atoms with van der Waals surface area (Å²) in [6, 6.07) is 8.10. The zero-order valence-corrected chi connectivity index (χ0v) is 20.0. The topological polar surface area (TPSA) is 83.6 Å². The normalized spacial score (nSPS) is 23.4. The molecule has 1 aliphatic heterocycles. The molecule has 7 heteroatoms. The average Bonchev–Trinajstić information content (AvgIpc) is 2.81. The second kappa shape index (κ2) is 10.5. The third-order valence-corrected chi connectivity index (χ3v) is 7.25. The Balaban J connectivity index is 1.33. The summed E-state index contributed by atoms with van der Waals surface area (Å²) in [6.07, 6.45) is 3.79. The van der Waals surface area contributed by atoms with Crippen molar-refractivity contribution in [2.45, 2.75) is 58.9 Å². The van der Waals surface area contributed by atoms with Gasteiger partial charge in [0.2, 0.25) is 11.8 Å². The van der Waals surface area contributed by atoms with Crippen molar-refractivity contribution in [2.24, 2.45) is 11.8 Å². The van der Waals surface area contributed by atoms with Gasteiger partial charge in [0, 0.05) is 43.0 Å². The molecular formula is C26H36N4O3. The molecule has 1 saturated heterocycles. The fourth-order valence-electron chi connectivity index (χ4n) is 4.92. The number of rotatable bonds is 6. The number of nitrogens with one attached hydrogen (secondary N) is 2. The smallest absolute Gasteiger partial charge is 0.224 e. The molecule has 0 unspecified atom stereocenters. The summed E-state index contributed by atoms with van der Waals surface area (Å²) in [5.41, 5.74) is 2.75. The van der Waals surface area contributed by atoms with Gasteiger partial charge in [-0.1, -0.05) is 26.7 Å². The predicted octanol–water partition coefficient (Wildman–Crippen LogP) is 4.04. The maximum absolute atomic E-state index is 12.5. The van der Waals surface area contributed by atoms with Crippen LogP contribution in [-0.2, 0) is 14.3 Å². The highest BCUT2D eigenvalue weighted by atomic mass is 16.5. The number of nitrogens with zero attached hydrogens (tertiary/aromatic N) is 2. The SMILES string of the molecule is Cc1cc(N2CCOCC2)nc2ccc(NC(=O)CCC(=O)N[C@@H]3CCC[C@@H](C)[C@@H]3C)cc12. The Morgan fingerprint density at radius 2 is 1.85 bits per heavy atom. The minimum absolute atomic E-state index is 0.0368. The van der Waals surface area contributed by atoms with E-state index < -0.39 is 0 Å². The van der Waals surface area contributed by atoms with Gasteiger partial charge in [0.1, 0.15) is 5.82 Å². The van der Waals surface area contributed by atoms with Crippen molar-refractivity contribution in [2.75, 3.05) is 36.5 Å². The molecule has 3 atom stereocenters. The summed E-state index contributed by atoms with van der Waals surface area (Å²) < 4.78 is 5.44. The fraction of sp³-hybridized carbons (Fsp3) is 0.577. The summed E-state index contributed by atoms with van der Waals surface area (Å²) in [7, 11) is 0. The number of carbonyl (C=O) groups is 2. The standard InChI is InChI=1S/C26H36N4O3/c1-17-5-4-6-22(19(17)3)29-26(32)10-9-25(31)27-20-7-8-23-21(16-20)18(2)15-24(28-23)30-11-13-33-14-12-30/h7-8,15-17,19,22H,4-6,9-14H2,1-3H3,(H,27,31)(H,29,32)/t17-,19+,22-/m1/s1. The van der Waals surface area contributed by atoms with Crippen LogP contribution in [0.5, 0.6) is 0 Å². The van der Waals surface area contributed by atoms with Crippen LogP contribution in [0.3, 0.4) is 0 Å². The van der Waals surface area contributed by atoms with E-state index in [0.717, 1.165) is 67.1 Å². The van der Waals surface area contributed by atoms with Crippen molar-refractivity contribution < 1.29 is 14.3 Å². The number of anilines is 2. The van der Waals surface area contributed by atoms with Gasteiger partial charge < -0.3 is 20.3 Å². The number of amides is 2. The predicted molar refractivity (Wildman–Crippen MR) is 131 cm³/mol. The Kier molecular flexibility index (Phi) is 7.48. The molecule has 0 spiro atoms. The van der Waals surface area contributed by atoms with E-state index in [4.69, 9.17) is 9.72 Å². The van der Waals surface area contributed by atoms with Gasteiger partial charge in [-0.05, 0) is 55.0 Å². The van der Waals surface area contributed by atoms with Crippen LogP contribution in [0.2, 0.25) is 0 Å². The van der Waals surface area contributed by atoms with E-state index in [1.54, 1.807) is 0 Å². The molecule has 2 fully saturated rings. The first kappa shape index (κ1) is 23.5. The Labute approximate surface area is 196 Å². The summed E-state index contributed by atoms with van der Waals surface area (Å²) in [6.45, 7) is 9.66. The average molecular weight is 453 g/mol. The lowest BCUT2D eigenvalue weighted by molar-refractivity contribution is -0.125. The van der Waals surface area contributed by atoms with Gasteiger partial charge in [-0.25, -0.2) is 4.98 Å². The molecule has 7 nitrogen and oxygen atoms in total. The first-order chi connectivity index (χ1) is 15.9. The number of morpholine rings is 1. The Morgan fingerprint density at radius 3 is 2.64 bits per heavy atom. The molecule has 1 aliphatic carbocycles. The zero-order valence-electron chi connectivity index (χ0n) is 20.0. The molecule has 178 valence electrons. The van der Waals surface area contributed by atoms with Crippen molar-refractivity contribution in [1.82, 2.24) is 10.3 Å². The number of pyridine rings is 1. The molecular weight excluding hydrogens is 416 g/mol. The lowest BCUT2D eigenvalue weighted by Crippen LogP contribution is -2.43. The quantitative estimate of drug-likeness (QED) is 0.691. The second-order valence-electron chi connectivity index (χ2n) is 9.62. The van der Waals surface area contributed by atoms with E-state index in [0.29, 0.717) is 11.8 Å². The van der Waals surface area contributed by atoms with Crippen molar-refractivity contribution in [3.63, 3.8) is 0 Å². The fourth-order valence-corrected chi connectivity index (χ4v) is 4.92. The van der Waals surface area contributed by atoms with Crippen LogP contribution in [0.1, 0.15) is 51.5 Å². The minimum atomic E-state index is -0.148. The van der Waals surface area contributed by atoms with Crippen LogP contribution in [0.15, 0.2) is 24.3 Å². The molecule has 2 N–H and O–H groups in total. The number of ether oxygens (including phenoxy) is 1. The molecule has 2 aliphatic rings. The van der Waals surface area contributed by atoms with Gasteiger partial charge >= 0.3 is 0 Å². The third kappa shape index (κ3) is 5.82. The Morgan fingerprint density at radius 1 is 1.09 bits per heavy atom. The number of benzene rings is 1. The number of hydrogen-bond donors (Lipinski definition) is 2. The minimum Gasteiger partial charge on any atom is -0.378 e. The van der Waals surface area contributed by atoms with Crippen LogP contribution in [0.25, 0.3) is 10.9 Å². The summed E-state index contributed by atoms with van der Waals surface area (Å²) in [4.78, 5) is 31.9. The second-order valence-corrected chi connectivity index (χ2v) is 9.62. The molecule has 2 amide bonds. The number of hydrogen-bond acceptors (Lipinski definition) is 5. The number of aryl methyl sites for hydroxylation is 1. The number of carbonyl (C=O) groups excluding carboxylic acids is 2. The van der Waals surface area contributed by atoms with E-state index in [1.807, 2.05) is 18.2 Å². The first-order valence-corrected chi connectivity index (χ1v) is 12.2. The summed E-state index contributed by atoms with van der Waals surface area (Å²) in [5.74, 6) is 1.89. The lowest BCUT2D eigenvalue weighted by Gasteiger charge is -2.34. The molecule has 1 aromatic heterocycles. The van der Waals surface area contributed by atoms with Gasteiger partial charge in [-0.2, -0.15) is 0 Å². The van der Waals surface area contributed by atoms with Crippen molar-refractivity contribution in [3.05, 3.63) is 29.8 Å². The number of fused-ring (bicyclic) bond motifs is 1. The van der Waals surface area contributed by atoms with Crippen molar-refractivity contribution >= 4 is 34.2 Å². The van der Waals surface area contributed by atoms with Gasteiger partial charge in [0.15, 0.2) is 0 Å². The van der Waals surface area contributed by atoms with Crippen molar-refractivity contribution in [3.8, 4) is 0 Å². The Hall–Kier alpha value is -2.67. The number of aromatic nitrogens is 1. The van der Waals surface area contributed by atoms with E-state index >= 15 is 0 Å². The van der Waals surface area contributed by atoms with Gasteiger partial charge in [-0.15, -0.1) is 0 Å². The van der Waals surface area contributed by atoms with E-state index in [9.17, 15) is 9.59 Å². The molecule has 33 heavy (non-hydrogen) atoms. The van der Waals surface area contributed by atoms with Crippen LogP contribution >= 0.6 is 0 Å². The highest BCUT2D eigenvalue weighted by molar-refractivity contribution is 5.96. The highest BCUT2D eigenvalue weighted by Crippen LogP contribution is 2.29. The zero-order chi connectivity index (χ0) is 23.4. The van der Waals surface area contributed by atoms with E-state index in [-0.39, 0.29) is 30.7 Å². The molecule has 0 radical (unpaired) electrons. The monoisotopic (exact) mass is 452 g/mol. The van der Waals surface area contributed by atoms with Crippen molar-refractivity contribution in [1.29, 1.82) is 0 Å². The summed E-state index contributed by atoms with van der Waals surface area (Å²) >= 11 is 0. The maximum Gasteiger partial charge on any atom is 0.224 e. The van der Waals surface area contributed by atoms with Crippen LogP contribution in [-0.4, -0.2) is 49.1 Å². The van der Waals surface area contributed by atoms with Crippen LogP contribution < -0.4 is 15.5 Å². The first-order valence-electron chi connectivity index (χ1n) is 12.2. The van der Waals surface area contributed by atoms with Gasteiger partial charge in [0.25, 0.3) is 0 Å². The van der Waals surface area contributed by atoms with E-state index in [1.165, 1.54) is 6.42 Å². The van der Waals surface area contributed by atoms with Crippen LogP contribution in [0.4, 0.5) is 11.5 Å². The molecule has 1 saturated carbocycles. The highest BCUT2D eigenvalue weighted by Gasteiger charge is 2.28. The maximum atomic E-state index is 12.5. The molecule has 4 rings (SSSR count). The molecule has 0 bridgehead atoms. The molecule has 1 aromatic carbocycles. The molecule has 2 heterocycles. The van der Waals surface area contributed by atoms with Gasteiger partial charge in [0.05, 0.1) is 18.7 Å². The lowest BCUT2D eigenvalue weighted by atomic mass is 9.78. The third-order valence-electron chi connectivity index (χ3n) is 7.25. The van der Waals surface area contributed by atoms with E-state index in [2.05, 4.69) is 42.4 Å². The van der Waals surface area contributed by atoms with Crippen LogP contribution in [0, 0.1) is 18.8 Å².